The number of halogens is 1. The number of likely N-dealkylation sites (tertiary alicyclic amines) is 1. The summed E-state index contributed by atoms with van der Waals surface area (Å²) in [6.07, 6.45) is 4.44. The summed E-state index contributed by atoms with van der Waals surface area (Å²) in [7, 11) is -3.83. The molecule has 4 rings (SSSR count). The van der Waals surface area contributed by atoms with Crippen LogP contribution in [0, 0.1) is 11.8 Å². The molecule has 178 valence electrons. The number of piperidine rings is 2. The highest BCUT2D eigenvalue weighted by Gasteiger charge is 2.34. The van der Waals surface area contributed by atoms with Crippen molar-refractivity contribution in [3.05, 3.63) is 47.2 Å². The molecule has 2 N–H and O–H groups in total. The van der Waals surface area contributed by atoms with Crippen LogP contribution in [0.25, 0.3) is 0 Å². The maximum Gasteiger partial charge on any atom is 0.270 e. The topological polar surface area (TPSA) is 103 Å². The number of nitrogens with zero attached hydrogens (tertiary/aromatic N) is 2. The smallest absolute Gasteiger partial charge is 0.270 e. The number of carbonyl (C=O) groups is 2. The largest absolute Gasteiger partial charge is 0.356 e. The molecule has 2 aliphatic heterocycles. The zero-order valence-corrected chi connectivity index (χ0v) is 20.2. The number of anilines is 1. The van der Waals surface area contributed by atoms with Crippen LogP contribution in [0.4, 0.5) is 5.69 Å². The van der Waals surface area contributed by atoms with Crippen LogP contribution >= 0.6 is 11.6 Å². The first-order chi connectivity index (χ1) is 15.7. The molecule has 1 atom stereocenters. The van der Waals surface area contributed by atoms with E-state index in [0.29, 0.717) is 49.1 Å². The minimum absolute atomic E-state index is 0.0483. The van der Waals surface area contributed by atoms with E-state index in [1.165, 1.54) is 16.6 Å². The second-order valence-corrected chi connectivity index (χ2v) is 11.3. The summed E-state index contributed by atoms with van der Waals surface area (Å²) >= 11 is 5.98. The lowest BCUT2D eigenvalue weighted by molar-refractivity contribution is -0.120. The average Bonchev–Trinajstić information content (AvgIpc) is 3.30. The second kappa shape index (κ2) is 9.87. The van der Waals surface area contributed by atoms with E-state index in [1.807, 2.05) is 0 Å². The molecule has 0 radical (unpaired) electrons. The molecule has 33 heavy (non-hydrogen) atoms. The molecule has 0 spiro atoms. The molecule has 0 unspecified atom stereocenters. The van der Waals surface area contributed by atoms with Gasteiger partial charge in [-0.15, -0.1) is 0 Å². The molecular weight excluding hydrogens is 464 g/mol. The predicted molar refractivity (Wildman–Crippen MR) is 127 cm³/mol. The average molecular weight is 493 g/mol. The van der Waals surface area contributed by atoms with Crippen LogP contribution in [0.2, 0.25) is 5.02 Å². The summed E-state index contributed by atoms with van der Waals surface area (Å²) in [5.41, 5.74) is 0.851. The maximum absolute atomic E-state index is 13.2. The van der Waals surface area contributed by atoms with E-state index >= 15 is 0 Å². The van der Waals surface area contributed by atoms with Crippen molar-refractivity contribution in [2.45, 2.75) is 37.5 Å². The van der Waals surface area contributed by atoms with Crippen molar-refractivity contribution < 1.29 is 18.0 Å². The van der Waals surface area contributed by atoms with E-state index in [4.69, 9.17) is 11.6 Å². The lowest BCUT2D eigenvalue weighted by Gasteiger charge is -2.31. The van der Waals surface area contributed by atoms with Crippen molar-refractivity contribution in [2.24, 2.45) is 11.8 Å². The molecule has 2 amide bonds. The van der Waals surface area contributed by atoms with Gasteiger partial charge >= 0.3 is 0 Å². The first-order valence-corrected chi connectivity index (χ1v) is 13.1. The van der Waals surface area contributed by atoms with Crippen molar-refractivity contribution in [3.63, 3.8) is 0 Å². The fourth-order valence-corrected chi connectivity index (χ4v) is 6.07. The lowest BCUT2D eigenvalue weighted by atomic mass is 9.99. The normalized spacial score (nSPS) is 20.5. The van der Waals surface area contributed by atoms with E-state index in [1.54, 1.807) is 29.2 Å². The number of rotatable bonds is 5. The molecule has 2 fully saturated rings. The Labute approximate surface area is 199 Å². The highest BCUT2D eigenvalue weighted by Crippen LogP contribution is 2.26. The van der Waals surface area contributed by atoms with Crippen molar-refractivity contribution in [2.75, 3.05) is 31.5 Å². The van der Waals surface area contributed by atoms with Gasteiger partial charge in [-0.3, -0.25) is 9.59 Å². The molecule has 1 aromatic heterocycles. The quantitative estimate of drug-likeness (QED) is 0.665. The minimum Gasteiger partial charge on any atom is -0.356 e. The van der Waals surface area contributed by atoms with E-state index in [-0.39, 0.29) is 28.9 Å². The SMILES string of the molecule is CC1CCN(C(=O)c2cc(S(=O)(=O)N3CCC[C@H](C(=O)Nc4cccc(Cl)c4)C3)c[nH]2)CC1. The Bertz CT molecular complexity index is 1120. The van der Waals surface area contributed by atoms with Crippen LogP contribution in [0.15, 0.2) is 41.4 Å². The molecule has 1 aromatic carbocycles. The number of aromatic amines is 1. The first kappa shape index (κ1) is 23.8. The molecule has 0 bridgehead atoms. The first-order valence-electron chi connectivity index (χ1n) is 11.3. The van der Waals surface area contributed by atoms with E-state index in [2.05, 4.69) is 17.2 Å². The summed E-state index contributed by atoms with van der Waals surface area (Å²) in [6, 6.07) is 8.25. The number of hydrogen-bond acceptors (Lipinski definition) is 4. The molecule has 2 saturated heterocycles. The van der Waals surface area contributed by atoms with E-state index < -0.39 is 15.9 Å². The molecule has 3 heterocycles. The number of amides is 2. The van der Waals surface area contributed by atoms with Crippen LogP contribution in [0.5, 0.6) is 0 Å². The lowest BCUT2D eigenvalue weighted by Crippen LogP contribution is -2.43. The Hall–Kier alpha value is -2.36. The molecule has 10 heteroatoms. The van der Waals surface area contributed by atoms with Gasteiger partial charge in [-0.05, 0) is 55.9 Å². The number of nitrogens with one attached hydrogen (secondary N) is 2. The zero-order chi connectivity index (χ0) is 23.6. The molecule has 2 aliphatic rings. The fourth-order valence-electron chi connectivity index (χ4n) is 4.36. The van der Waals surface area contributed by atoms with Gasteiger partial charge in [-0.25, -0.2) is 8.42 Å². The fraction of sp³-hybridized carbons (Fsp3) is 0.478. The third-order valence-electron chi connectivity index (χ3n) is 6.44. The summed E-state index contributed by atoms with van der Waals surface area (Å²) in [4.78, 5) is 30.2. The third kappa shape index (κ3) is 5.42. The minimum atomic E-state index is -3.83. The number of carbonyl (C=O) groups excluding carboxylic acids is 2. The van der Waals surface area contributed by atoms with Gasteiger partial charge in [0.1, 0.15) is 10.6 Å². The Morgan fingerprint density at radius 2 is 1.88 bits per heavy atom. The Morgan fingerprint density at radius 3 is 2.61 bits per heavy atom. The van der Waals surface area contributed by atoms with Crippen LogP contribution in [-0.4, -0.2) is 60.6 Å². The maximum atomic E-state index is 13.2. The predicted octanol–water partition coefficient (Wildman–Crippen LogP) is 3.58. The van der Waals surface area contributed by atoms with Crippen LogP contribution in [0.3, 0.4) is 0 Å². The Balaban J connectivity index is 1.43. The van der Waals surface area contributed by atoms with Crippen molar-refractivity contribution in [1.29, 1.82) is 0 Å². The highest BCUT2D eigenvalue weighted by atomic mass is 35.5. The molecule has 0 saturated carbocycles. The van der Waals surface area contributed by atoms with E-state index in [9.17, 15) is 18.0 Å². The van der Waals surface area contributed by atoms with Crippen LogP contribution in [-0.2, 0) is 14.8 Å². The number of H-pyrrole nitrogens is 1. The second-order valence-electron chi connectivity index (χ2n) is 8.93. The van der Waals surface area contributed by atoms with Gasteiger partial charge in [0.05, 0.1) is 5.92 Å². The standard InChI is InChI=1S/C23H29ClN4O4S/c1-16-7-10-27(11-8-16)23(30)21-13-20(14-25-21)33(31,32)28-9-3-4-17(15-28)22(29)26-19-6-2-5-18(24)12-19/h2,5-6,12-14,16-17,25H,3-4,7-11,15H2,1H3,(H,26,29)/t17-/m0/s1. The summed E-state index contributed by atoms with van der Waals surface area (Å²) in [6.45, 7) is 3.95. The number of hydrogen-bond donors (Lipinski definition) is 2. The van der Waals surface area contributed by atoms with Crippen LogP contribution < -0.4 is 5.32 Å². The van der Waals surface area contributed by atoms with Crippen molar-refractivity contribution >= 4 is 39.1 Å². The van der Waals surface area contributed by atoms with Gasteiger partial charge < -0.3 is 15.2 Å². The van der Waals surface area contributed by atoms with E-state index in [0.717, 1.165) is 12.8 Å². The number of benzene rings is 1. The summed E-state index contributed by atoms with van der Waals surface area (Å²) < 4.78 is 27.8. The molecule has 8 nitrogen and oxygen atoms in total. The van der Waals surface area contributed by atoms with Gasteiger partial charge in [0, 0.05) is 43.1 Å². The van der Waals surface area contributed by atoms with Crippen molar-refractivity contribution in [3.8, 4) is 0 Å². The molecular formula is C23H29ClN4O4S. The van der Waals surface area contributed by atoms with Gasteiger partial charge in [0.2, 0.25) is 15.9 Å². The third-order valence-corrected chi connectivity index (χ3v) is 8.52. The van der Waals surface area contributed by atoms with Gasteiger partial charge in [0.25, 0.3) is 5.91 Å². The monoisotopic (exact) mass is 492 g/mol. The van der Waals surface area contributed by atoms with Crippen molar-refractivity contribution in [1.82, 2.24) is 14.2 Å². The van der Waals surface area contributed by atoms with Gasteiger partial charge in [0.15, 0.2) is 0 Å². The Kier molecular flexibility index (Phi) is 7.11. The molecule has 2 aromatic rings. The zero-order valence-electron chi connectivity index (χ0n) is 18.6. The number of aromatic nitrogens is 1. The highest BCUT2D eigenvalue weighted by molar-refractivity contribution is 7.89. The number of sulfonamides is 1. The summed E-state index contributed by atoms with van der Waals surface area (Å²) in [5.74, 6) is -0.290. The molecule has 0 aliphatic carbocycles. The van der Waals surface area contributed by atoms with Gasteiger partial charge in [-0.2, -0.15) is 4.31 Å². The van der Waals surface area contributed by atoms with Gasteiger partial charge in [-0.1, -0.05) is 24.6 Å². The Morgan fingerprint density at radius 1 is 1.12 bits per heavy atom. The summed E-state index contributed by atoms with van der Waals surface area (Å²) in [5, 5.41) is 3.33. The van der Waals surface area contributed by atoms with Crippen LogP contribution in [0.1, 0.15) is 43.1 Å².